The number of nitrogens with zero attached hydrogens (tertiary/aromatic N) is 2. The van der Waals surface area contributed by atoms with E-state index < -0.39 is 34.3 Å². The van der Waals surface area contributed by atoms with Crippen LogP contribution in [0.3, 0.4) is 0 Å². The summed E-state index contributed by atoms with van der Waals surface area (Å²) < 4.78 is 53.8. The van der Waals surface area contributed by atoms with Crippen molar-refractivity contribution in [2.45, 2.75) is 44.7 Å². The molecule has 0 saturated heterocycles. The number of nitrogens with one attached hydrogen (secondary N) is 1. The Balaban J connectivity index is 1.71. The molecule has 1 aliphatic rings. The molecule has 4 rings (SSSR count). The fraction of sp³-hybridized carbons (Fsp3) is 0.333. The van der Waals surface area contributed by atoms with E-state index in [4.69, 9.17) is 9.47 Å². The average Bonchev–Trinajstić information content (AvgIpc) is 2.97. The van der Waals surface area contributed by atoms with E-state index in [9.17, 15) is 22.4 Å². The lowest BCUT2D eigenvalue weighted by Crippen LogP contribution is -2.51. The van der Waals surface area contributed by atoms with Crippen LogP contribution in [-0.2, 0) is 26.2 Å². The van der Waals surface area contributed by atoms with Crippen molar-refractivity contribution in [1.29, 1.82) is 0 Å². The molecule has 0 aromatic heterocycles. The minimum absolute atomic E-state index is 0.0859. The van der Waals surface area contributed by atoms with Crippen LogP contribution in [0, 0.1) is 12.7 Å². The molecule has 1 N–H and O–H groups in total. The lowest BCUT2D eigenvalue weighted by atomic mass is 10.1. The smallest absolute Gasteiger partial charge is 0.264 e. The van der Waals surface area contributed by atoms with E-state index in [0.717, 1.165) is 34.0 Å². The summed E-state index contributed by atoms with van der Waals surface area (Å²) in [5, 5.41) is 2.81. The fourth-order valence-corrected chi connectivity index (χ4v) is 5.86. The van der Waals surface area contributed by atoms with E-state index in [-0.39, 0.29) is 35.4 Å². The lowest BCUT2D eigenvalue weighted by Gasteiger charge is -2.32. The first-order chi connectivity index (χ1) is 19.6. The molecule has 1 aliphatic heterocycles. The molecule has 1 heterocycles. The monoisotopic (exact) mass is 583 g/mol. The van der Waals surface area contributed by atoms with Crippen LogP contribution >= 0.6 is 0 Å². The molecule has 0 bridgehead atoms. The van der Waals surface area contributed by atoms with Gasteiger partial charge in [0.15, 0.2) is 11.5 Å². The van der Waals surface area contributed by atoms with Gasteiger partial charge in [0, 0.05) is 19.2 Å². The Morgan fingerprint density at radius 3 is 2.39 bits per heavy atom. The minimum atomic E-state index is -4.34. The van der Waals surface area contributed by atoms with E-state index in [0.29, 0.717) is 18.9 Å². The average molecular weight is 584 g/mol. The predicted molar refractivity (Wildman–Crippen MR) is 153 cm³/mol. The van der Waals surface area contributed by atoms with E-state index in [2.05, 4.69) is 5.32 Å². The number of carbonyl (C=O) groups excluding carboxylic acids is 2. The van der Waals surface area contributed by atoms with Gasteiger partial charge in [0.2, 0.25) is 11.8 Å². The van der Waals surface area contributed by atoms with Crippen molar-refractivity contribution in [3.05, 3.63) is 83.7 Å². The van der Waals surface area contributed by atoms with Crippen LogP contribution in [0.25, 0.3) is 0 Å². The first-order valence-corrected chi connectivity index (χ1v) is 14.8. The molecule has 1 atom stereocenters. The van der Waals surface area contributed by atoms with Crippen molar-refractivity contribution >= 4 is 27.5 Å². The maximum absolute atomic E-state index is 14.0. The van der Waals surface area contributed by atoms with Gasteiger partial charge in [0.05, 0.1) is 10.6 Å². The summed E-state index contributed by atoms with van der Waals surface area (Å²) in [6.45, 7) is 5.96. The normalized spacial score (nSPS) is 13.3. The molecule has 218 valence electrons. The molecule has 2 amide bonds. The number of benzene rings is 3. The number of hydrogen-bond donors (Lipinski definition) is 1. The van der Waals surface area contributed by atoms with Gasteiger partial charge in [-0.15, -0.1) is 0 Å². The zero-order valence-electron chi connectivity index (χ0n) is 23.3. The molecule has 0 fully saturated rings. The van der Waals surface area contributed by atoms with Gasteiger partial charge < -0.3 is 19.7 Å². The molecule has 41 heavy (non-hydrogen) atoms. The fourth-order valence-electron chi connectivity index (χ4n) is 4.43. The van der Waals surface area contributed by atoms with Crippen LogP contribution in [0.1, 0.15) is 31.4 Å². The molecule has 3 aromatic carbocycles. The van der Waals surface area contributed by atoms with Crippen LogP contribution in [0.5, 0.6) is 11.5 Å². The molecule has 0 radical (unpaired) electrons. The van der Waals surface area contributed by atoms with E-state index in [1.807, 2.05) is 38.1 Å². The number of hydrogen-bond acceptors (Lipinski definition) is 6. The third-order valence-electron chi connectivity index (χ3n) is 6.65. The second kappa shape index (κ2) is 13.0. The number of halogens is 1. The molecule has 0 spiro atoms. The molecule has 1 unspecified atom stereocenters. The Bertz CT molecular complexity index is 1500. The summed E-state index contributed by atoms with van der Waals surface area (Å²) in [4.78, 5) is 28.1. The third kappa shape index (κ3) is 7.15. The summed E-state index contributed by atoms with van der Waals surface area (Å²) >= 11 is 0. The lowest BCUT2D eigenvalue weighted by molar-refractivity contribution is -0.139. The first-order valence-electron chi connectivity index (χ1n) is 13.4. The van der Waals surface area contributed by atoms with Crippen LogP contribution in [0.2, 0.25) is 0 Å². The topological polar surface area (TPSA) is 105 Å². The summed E-state index contributed by atoms with van der Waals surface area (Å²) in [5.41, 5.74) is 1.86. The van der Waals surface area contributed by atoms with Crippen molar-refractivity contribution in [2.24, 2.45) is 0 Å². The Labute approximate surface area is 239 Å². The highest BCUT2D eigenvalue weighted by molar-refractivity contribution is 7.92. The van der Waals surface area contributed by atoms with Crippen molar-refractivity contribution in [1.82, 2.24) is 10.2 Å². The Hall–Kier alpha value is -4.12. The number of fused-ring (bicyclic) bond motifs is 1. The van der Waals surface area contributed by atoms with Gasteiger partial charge in [-0.25, -0.2) is 12.8 Å². The quantitative estimate of drug-likeness (QED) is 0.365. The SMILES string of the molecule is CCCNC(=O)C(C)N(Cc1cccc(C)c1)C(=O)CN(c1ccc(F)cc1)S(=O)(=O)c1ccc2c(c1)OCCO2. The van der Waals surface area contributed by atoms with Gasteiger partial charge in [-0.2, -0.15) is 0 Å². The highest BCUT2D eigenvalue weighted by atomic mass is 32.2. The molecule has 11 heteroatoms. The highest BCUT2D eigenvalue weighted by Crippen LogP contribution is 2.34. The maximum atomic E-state index is 14.0. The standard InChI is InChI=1S/C30H34FN3O6S/c1-4-14-32-30(36)22(3)33(19-23-7-5-6-21(2)17-23)29(35)20-34(25-10-8-24(31)9-11-25)41(37,38)26-12-13-27-28(18-26)40-16-15-39-27/h5-13,17-18,22H,4,14-16,19-20H2,1-3H3,(H,32,36). The molecule has 3 aromatic rings. The van der Waals surface area contributed by atoms with Crippen LogP contribution in [-0.4, -0.2) is 57.5 Å². The third-order valence-corrected chi connectivity index (χ3v) is 8.42. The molecule has 0 saturated carbocycles. The number of amides is 2. The van der Waals surface area contributed by atoms with Crippen molar-refractivity contribution in [3.8, 4) is 11.5 Å². The van der Waals surface area contributed by atoms with Crippen LogP contribution in [0.4, 0.5) is 10.1 Å². The summed E-state index contributed by atoms with van der Waals surface area (Å²) in [5.74, 6) is -0.827. The van der Waals surface area contributed by atoms with E-state index in [1.165, 1.54) is 35.2 Å². The van der Waals surface area contributed by atoms with Crippen molar-refractivity contribution < 1.29 is 31.9 Å². The second-order valence-corrected chi connectivity index (χ2v) is 11.6. The zero-order valence-corrected chi connectivity index (χ0v) is 24.1. The first kappa shape index (κ1) is 29.9. The zero-order chi connectivity index (χ0) is 29.6. The number of carbonyl (C=O) groups is 2. The summed E-state index contributed by atoms with van der Waals surface area (Å²) in [6, 6.07) is 15.7. The van der Waals surface area contributed by atoms with Gasteiger partial charge in [-0.1, -0.05) is 36.8 Å². The van der Waals surface area contributed by atoms with E-state index in [1.54, 1.807) is 6.92 Å². The number of sulfonamides is 1. The Morgan fingerprint density at radius 1 is 1.00 bits per heavy atom. The molecular formula is C30H34FN3O6S. The number of rotatable bonds is 11. The van der Waals surface area contributed by atoms with E-state index >= 15 is 0 Å². The molecule has 0 aliphatic carbocycles. The maximum Gasteiger partial charge on any atom is 0.264 e. The second-order valence-electron chi connectivity index (χ2n) is 9.77. The van der Waals surface area contributed by atoms with Crippen LogP contribution < -0.4 is 19.1 Å². The predicted octanol–water partition coefficient (Wildman–Crippen LogP) is 4.04. The largest absolute Gasteiger partial charge is 0.486 e. The number of aryl methyl sites for hydroxylation is 1. The summed E-state index contributed by atoms with van der Waals surface area (Å²) in [7, 11) is -4.34. The summed E-state index contributed by atoms with van der Waals surface area (Å²) in [6.07, 6.45) is 0.719. The number of ether oxygens (including phenoxy) is 2. The number of anilines is 1. The Morgan fingerprint density at radius 2 is 1.71 bits per heavy atom. The van der Waals surface area contributed by atoms with Gasteiger partial charge >= 0.3 is 0 Å². The minimum Gasteiger partial charge on any atom is -0.486 e. The molecular weight excluding hydrogens is 549 g/mol. The Kier molecular flexibility index (Phi) is 9.49. The highest BCUT2D eigenvalue weighted by Gasteiger charge is 2.33. The van der Waals surface area contributed by atoms with Crippen molar-refractivity contribution in [2.75, 3.05) is 30.6 Å². The van der Waals surface area contributed by atoms with Crippen LogP contribution in [0.15, 0.2) is 71.6 Å². The van der Waals surface area contributed by atoms with Gasteiger partial charge in [0.25, 0.3) is 10.0 Å². The molecule has 9 nitrogen and oxygen atoms in total. The van der Waals surface area contributed by atoms with Crippen molar-refractivity contribution in [3.63, 3.8) is 0 Å². The van der Waals surface area contributed by atoms with Gasteiger partial charge in [0.1, 0.15) is 31.6 Å². The van der Waals surface area contributed by atoms with Gasteiger partial charge in [-0.3, -0.25) is 13.9 Å². The van der Waals surface area contributed by atoms with Gasteiger partial charge in [-0.05, 0) is 62.2 Å².